The van der Waals surface area contributed by atoms with Gasteiger partial charge in [-0.15, -0.1) is 0 Å². The van der Waals surface area contributed by atoms with E-state index >= 15 is 0 Å². The average molecular weight is 291 g/mol. The number of amides is 1. The number of methoxy groups -OCH3 is 1. The summed E-state index contributed by atoms with van der Waals surface area (Å²) >= 11 is 0. The molecule has 0 spiro atoms. The molecule has 0 radical (unpaired) electrons. The van der Waals surface area contributed by atoms with Crippen molar-refractivity contribution in [2.45, 2.75) is 13.0 Å². The number of aromatic amines is 1. The number of ether oxygens (including phenoxy) is 1. The van der Waals surface area contributed by atoms with Gasteiger partial charge in [0, 0.05) is 20.3 Å². The smallest absolute Gasteiger partial charge is 0.317 e. The van der Waals surface area contributed by atoms with Crippen LogP contribution in [-0.2, 0) is 16.1 Å². The molecule has 1 aromatic heterocycles. The number of para-hydroxylation sites is 2. The minimum atomic E-state index is -0.735. The summed E-state index contributed by atoms with van der Waals surface area (Å²) in [6, 6.07) is 6.86. The summed E-state index contributed by atoms with van der Waals surface area (Å²) in [5.41, 5.74) is -0.426. The van der Waals surface area contributed by atoms with Crippen LogP contribution in [0.1, 0.15) is 6.42 Å². The van der Waals surface area contributed by atoms with Gasteiger partial charge in [0.1, 0.15) is 6.54 Å². The van der Waals surface area contributed by atoms with Crippen LogP contribution in [-0.4, -0.2) is 35.7 Å². The number of H-pyrrole nitrogens is 1. The second kappa shape index (κ2) is 6.85. The lowest BCUT2D eigenvalue weighted by Gasteiger charge is -2.10. The molecule has 2 N–H and O–H groups in total. The topological polar surface area (TPSA) is 93.2 Å². The molecule has 0 bridgehead atoms. The number of hydrogen-bond acceptors (Lipinski definition) is 4. The Morgan fingerprint density at radius 2 is 2.10 bits per heavy atom. The lowest BCUT2D eigenvalue weighted by atomic mass is 10.3. The molecular weight excluding hydrogens is 274 g/mol. The maximum Gasteiger partial charge on any atom is 0.317 e. The van der Waals surface area contributed by atoms with Crippen LogP contribution < -0.4 is 16.4 Å². The van der Waals surface area contributed by atoms with Crippen molar-refractivity contribution in [1.82, 2.24) is 14.9 Å². The van der Waals surface area contributed by atoms with Gasteiger partial charge in [-0.2, -0.15) is 0 Å². The third-order valence-corrected chi connectivity index (χ3v) is 3.03. The van der Waals surface area contributed by atoms with Crippen molar-refractivity contribution in [1.29, 1.82) is 0 Å². The summed E-state index contributed by atoms with van der Waals surface area (Å²) in [7, 11) is 1.59. The molecule has 0 aliphatic rings. The molecule has 0 atom stereocenters. The predicted octanol–water partition coefficient (Wildman–Crippen LogP) is -0.157. The Morgan fingerprint density at radius 3 is 2.86 bits per heavy atom. The number of carbonyl (C=O) groups excluding carboxylic acids is 1. The predicted molar refractivity (Wildman–Crippen MR) is 78.3 cm³/mol. The van der Waals surface area contributed by atoms with Gasteiger partial charge < -0.3 is 15.0 Å². The van der Waals surface area contributed by atoms with E-state index in [9.17, 15) is 14.4 Å². The zero-order chi connectivity index (χ0) is 15.2. The number of nitrogens with one attached hydrogen (secondary N) is 2. The highest BCUT2D eigenvalue weighted by Crippen LogP contribution is 2.06. The first kappa shape index (κ1) is 15.0. The fourth-order valence-corrected chi connectivity index (χ4v) is 2.02. The molecule has 0 saturated carbocycles. The van der Waals surface area contributed by atoms with Gasteiger partial charge in [-0.25, -0.2) is 0 Å². The number of fused-ring (bicyclic) bond motifs is 1. The van der Waals surface area contributed by atoms with E-state index in [0.29, 0.717) is 30.6 Å². The van der Waals surface area contributed by atoms with E-state index < -0.39 is 11.1 Å². The van der Waals surface area contributed by atoms with Crippen LogP contribution in [0.2, 0.25) is 0 Å². The zero-order valence-electron chi connectivity index (χ0n) is 11.7. The van der Waals surface area contributed by atoms with Crippen molar-refractivity contribution in [2.75, 3.05) is 20.3 Å². The summed E-state index contributed by atoms with van der Waals surface area (Å²) in [5, 5.41) is 2.69. The molecule has 0 aliphatic heterocycles. The Labute approximate surface area is 120 Å². The van der Waals surface area contributed by atoms with E-state index in [2.05, 4.69) is 10.3 Å². The van der Waals surface area contributed by atoms with Crippen molar-refractivity contribution in [3.8, 4) is 0 Å². The molecule has 2 rings (SSSR count). The van der Waals surface area contributed by atoms with E-state index in [4.69, 9.17) is 4.74 Å². The van der Waals surface area contributed by atoms with E-state index in [-0.39, 0.29) is 12.5 Å². The Bertz CT molecular complexity index is 748. The van der Waals surface area contributed by atoms with Gasteiger partial charge in [-0.05, 0) is 18.6 Å². The summed E-state index contributed by atoms with van der Waals surface area (Å²) in [6.45, 7) is 0.826. The fourth-order valence-electron chi connectivity index (χ4n) is 2.02. The summed E-state index contributed by atoms with van der Waals surface area (Å²) in [6.07, 6.45) is 0.688. The minimum absolute atomic E-state index is 0.184. The van der Waals surface area contributed by atoms with E-state index in [0.717, 1.165) is 0 Å². The summed E-state index contributed by atoms with van der Waals surface area (Å²) in [5.74, 6) is -0.316. The van der Waals surface area contributed by atoms with Gasteiger partial charge in [0.15, 0.2) is 0 Å². The molecule has 2 aromatic rings. The Kier molecular flexibility index (Phi) is 4.89. The molecule has 1 aromatic carbocycles. The molecule has 0 fully saturated rings. The maximum absolute atomic E-state index is 11.9. The quantitative estimate of drug-likeness (QED) is 0.571. The van der Waals surface area contributed by atoms with Crippen molar-refractivity contribution < 1.29 is 9.53 Å². The van der Waals surface area contributed by atoms with Crippen LogP contribution in [0.4, 0.5) is 0 Å². The molecular formula is C14H17N3O4. The third-order valence-electron chi connectivity index (χ3n) is 3.03. The first-order chi connectivity index (χ1) is 10.1. The monoisotopic (exact) mass is 291 g/mol. The highest BCUT2D eigenvalue weighted by Gasteiger charge is 2.10. The van der Waals surface area contributed by atoms with E-state index in [1.807, 2.05) is 0 Å². The molecule has 0 saturated heterocycles. The Balaban J connectivity index is 2.21. The first-order valence-electron chi connectivity index (χ1n) is 6.61. The molecule has 0 unspecified atom stereocenters. The van der Waals surface area contributed by atoms with Gasteiger partial charge >= 0.3 is 11.1 Å². The van der Waals surface area contributed by atoms with Crippen LogP contribution in [0.3, 0.4) is 0 Å². The largest absolute Gasteiger partial charge is 0.385 e. The van der Waals surface area contributed by atoms with Crippen LogP contribution >= 0.6 is 0 Å². The Hall–Kier alpha value is -2.41. The van der Waals surface area contributed by atoms with Gasteiger partial charge in [-0.1, -0.05) is 12.1 Å². The lowest BCUT2D eigenvalue weighted by molar-refractivity contribution is -0.121. The Morgan fingerprint density at radius 1 is 1.33 bits per heavy atom. The van der Waals surface area contributed by atoms with E-state index in [1.165, 1.54) is 4.57 Å². The zero-order valence-corrected chi connectivity index (χ0v) is 11.7. The van der Waals surface area contributed by atoms with Crippen LogP contribution in [0.15, 0.2) is 33.9 Å². The lowest BCUT2D eigenvalue weighted by Crippen LogP contribution is -2.40. The van der Waals surface area contributed by atoms with Crippen molar-refractivity contribution in [3.63, 3.8) is 0 Å². The minimum Gasteiger partial charge on any atom is -0.385 e. The first-order valence-corrected chi connectivity index (χ1v) is 6.61. The molecule has 7 heteroatoms. The molecule has 21 heavy (non-hydrogen) atoms. The normalized spacial score (nSPS) is 10.7. The second-order valence-corrected chi connectivity index (χ2v) is 4.56. The van der Waals surface area contributed by atoms with Crippen molar-refractivity contribution >= 4 is 16.9 Å². The summed E-state index contributed by atoms with van der Waals surface area (Å²) in [4.78, 5) is 37.9. The number of benzene rings is 1. The molecule has 7 nitrogen and oxygen atoms in total. The standard InChI is InChI=1S/C14H17N3O4/c1-21-8-4-7-15-12(18)9-17-11-6-3-2-5-10(11)16-13(19)14(17)20/h2-3,5-6H,4,7-9H2,1H3,(H,15,18)(H,16,19). The molecule has 1 heterocycles. The number of aromatic nitrogens is 2. The van der Waals surface area contributed by atoms with Gasteiger partial charge in [0.05, 0.1) is 11.0 Å². The highest BCUT2D eigenvalue weighted by molar-refractivity contribution is 5.79. The number of hydrogen-bond donors (Lipinski definition) is 2. The number of nitrogens with zero attached hydrogens (tertiary/aromatic N) is 1. The maximum atomic E-state index is 11.9. The molecule has 112 valence electrons. The van der Waals surface area contributed by atoms with E-state index in [1.54, 1.807) is 31.4 Å². The van der Waals surface area contributed by atoms with Gasteiger partial charge in [0.2, 0.25) is 5.91 Å². The fraction of sp³-hybridized carbons (Fsp3) is 0.357. The van der Waals surface area contributed by atoms with Crippen LogP contribution in [0.25, 0.3) is 11.0 Å². The summed E-state index contributed by atoms with van der Waals surface area (Å²) < 4.78 is 6.06. The third kappa shape index (κ3) is 3.57. The van der Waals surface area contributed by atoms with Crippen LogP contribution in [0.5, 0.6) is 0 Å². The second-order valence-electron chi connectivity index (χ2n) is 4.56. The van der Waals surface area contributed by atoms with Crippen molar-refractivity contribution in [3.05, 3.63) is 45.0 Å². The molecule has 1 amide bonds. The molecule has 0 aliphatic carbocycles. The van der Waals surface area contributed by atoms with Gasteiger partial charge in [0.25, 0.3) is 0 Å². The van der Waals surface area contributed by atoms with Crippen molar-refractivity contribution in [2.24, 2.45) is 0 Å². The van der Waals surface area contributed by atoms with Gasteiger partial charge in [-0.3, -0.25) is 19.0 Å². The average Bonchev–Trinajstić information content (AvgIpc) is 2.48. The number of rotatable bonds is 6. The number of carbonyl (C=O) groups is 1. The highest BCUT2D eigenvalue weighted by atomic mass is 16.5. The SMILES string of the molecule is COCCCNC(=O)Cn1c(=O)c(=O)[nH]c2ccccc21. The van der Waals surface area contributed by atoms with Crippen LogP contribution in [0, 0.1) is 0 Å².